The minimum absolute atomic E-state index is 0.104. The molecule has 0 amide bonds. The third-order valence-corrected chi connectivity index (χ3v) is 2.51. The summed E-state index contributed by atoms with van der Waals surface area (Å²) in [5.74, 6) is -1.79. The second kappa shape index (κ2) is 5.48. The highest BCUT2D eigenvalue weighted by molar-refractivity contribution is 6.23. The van der Waals surface area contributed by atoms with Crippen molar-refractivity contribution in [1.82, 2.24) is 0 Å². The summed E-state index contributed by atoms with van der Waals surface area (Å²) >= 11 is 0. The van der Waals surface area contributed by atoms with Gasteiger partial charge in [0.1, 0.15) is 6.61 Å². The van der Waals surface area contributed by atoms with E-state index >= 15 is 0 Å². The number of hydrogen-bond donors (Lipinski definition) is 0. The molecular weight excluding hydrogens is 240 g/mol. The van der Waals surface area contributed by atoms with Gasteiger partial charge in [-0.15, -0.1) is 0 Å². The van der Waals surface area contributed by atoms with Gasteiger partial charge < -0.3 is 14.2 Å². The van der Waals surface area contributed by atoms with E-state index < -0.39 is 17.5 Å². The molecular formula is C12H14O6. The maximum Gasteiger partial charge on any atom is 0.302 e. The van der Waals surface area contributed by atoms with Gasteiger partial charge in [0.25, 0.3) is 0 Å². The van der Waals surface area contributed by atoms with Gasteiger partial charge in [0, 0.05) is 18.1 Å². The standard InChI is InChI=1S/C12H14O6/c1-6-8(5-18-7(2)13)10(15)12(17-4)11(16-3)9(6)14/h5H2,1-4H3. The smallest absolute Gasteiger partial charge is 0.302 e. The molecule has 1 aliphatic carbocycles. The van der Waals surface area contributed by atoms with Crippen molar-refractivity contribution in [3.05, 3.63) is 22.7 Å². The van der Waals surface area contributed by atoms with Gasteiger partial charge in [-0.05, 0) is 6.92 Å². The molecule has 0 aromatic heterocycles. The van der Waals surface area contributed by atoms with Crippen LogP contribution in [-0.2, 0) is 28.6 Å². The Kier molecular flexibility index (Phi) is 4.25. The molecule has 0 aromatic carbocycles. The second-order valence-corrected chi connectivity index (χ2v) is 3.61. The fraction of sp³-hybridized carbons (Fsp3) is 0.417. The van der Waals surface area contributed by atoms with E-state index in [9.17, 15) is 14.4 Å². The molecule has 0 fully saturated rings. The van der Waals surface area contributed by atoms with Crippen LogP contribution in [0.1, 0.15) is 13.8 Å². The van der Waals surface area contributed by atoms with Gasteiger partial charge in [-0.1, -0.05) is 0 Å². The molecule has 1 aliphatic rings. The van der Waals surface area contributed by atoms with Gasteiger partial charge in [0.2, 0.25) is 23.1 Å². The lowest BCUT2D eigenvalue weighted by atomic mass is 9.93. The van der Waals surface area contributed by atoms with Crippen LogP contribution in [0.4, 0.5) is 0 Å². The predicted molar refractivity (Wildman–Crippen MR) is 60.4 cm³/mol. The Morgan fingerprint density at radius 3 is 2.00 bits per heavy atom. The average Bonchev–Trinajstić information content (AvgIpc) is 2.32. The summed E-state index contributed by atoms with van der Waals surface area (Å²) in [4.78, 5) is 34.7. The summed E-state index contributed by atoms with van der Waals surface area (Å²) in [5, 5.41) is 0. The number of Topliss-reactive ketones (excluding diaryl/α,β-unsaturated/α-hetero) is 2. The zero-order chi connectivity index (χ0) is 13.9. The summed E-state index contributed by atoms with van der Waals surface area (Å²) < 4.78 is 14.5. The molecule has 0 saturated heterocycles. The lowest BCUT2D eigenvalue weighted by Gasteiger charge is -2.19. The number of carbonyl (C=O) groups is 3. The maximum atomic E-state index is 12.0. The SMILES string of the molecule is COC1=C(OC)C(=O)C(COC(C)=O)=C(C)C1=O. The first-order valence-corrected chi connectivity index (χ1v) is 5.18. The Balaban J connectivity index is 3.14. The number of esters is 1. The quantitative estimate of drug-likeness (QED) is 0.537. The van der Waals surface area contributed by atoms with Crippen molar-refractivity contribution in [3.8, 4) is 0 Å². The van der Waals surface area contributed by atoms with E-state index in [1.165, 1.54) is 28.1 Å². The molecule has 0 atom stereocenters. The monoisotopic (exact) mass is 254 g/mol. The molecule has 1 rings (SSSR count). The molecule has 0 spiro atoms. The molecule has 0 unspecified atom stereocenters. The Morgan fingerprint density at radius 2 is 1.56 bits per heavy atom. The molecule has 6 heteroatoms. The van der Waals surface area contributed by atoms with Crippen molar-refractivity contribution in [2.75, 3.05) is 20.8 Å². The highest BCUT2D eigenvalue weighted by atomic mass is 16.5. The van der Waals surface area contributed by atoms with Gasteiger partial charge >= 0.3 is 5.97 Å². The molecule has 0 aromatic rings. The highest BCUT2D eigenvalue weighted by Crippen LogP contribution is 2.25. The van der Waals surface area contributed by atoms with Crippen molar-refractivity contribution in [1.29, 1.82) is 0 Å². The lowest BCUT2D eigenvalue weighted by Crippen LogP contribution is -2.27. The first-order chi connectivity index (χ1) is 8.43. The van der Waals surface area contributed by atoms with Crippen LogP contribution in [0.3, 0.4) is 0 Å². The van der Waals surface area contributed by atoms with E-state index in [1.54, 1.807) is 0 Å². The molecule has 98 valence electrons. The van der Waals surface area contributed by atoms with Crippen molar-refractivity contribution >= 4 is 17.5 Å². The number of hydrogen-bond acceptors (Lipinski definition) is 6. The van der Waals surface area contributed by atoms with Crippen molar-refractivity contribution in [2.45, 2.75) is 13.8 Å². The summed E-state index contributed by atoms with van der Waals surface area (Å²) in [7, 11) is 2.55. The second-order valence-electron chi connectivity index (χ2n) is 3.61. The van der Waals surface area contributed by atoms with Gasteiger partial charge in [-0.2, -0.15) is 0 Å². The van der Waals surface area contributed by atoms with Crippen LogP contribution >= 0.6 is 0 Å². The van der Waals surface area contributed by atoms with E-state index in [1.807, 2.05) is 0 Å². The van der Waals surface area contributed by atoms with E-state index in [0.717, 1.165) is 0 Å². The predicted octanol–water partition coefficient (Wildman–Crippen LogP) is 0.522. The normalized spacial score (nSPS) is 16.0. The van der Waals surface area contributed by atoms with Gasteiger partial charge in [-0.3, -0.25) is 14.4 Å². The zero-order valence-corrected chi connectivity index (χ0v) is 10.7. The molecule has 0 saturated carbocycles. The molecule has 6 nitrogen and oxygen atoms in total. The van der Waals surface area contributed by atoms with Crippen LogP contribution in [0.15, 0.2) is 22.7 Å². The molecule has 0 radical (unpaired) electrons. The number of carbonyl (C=O) groups excluding carboxylic acids is 3. The van der Waals surface area contributed by atoms with Crippen LogP contribution < -0.4 is 0 Å². The zero-order valence-electron chi connectivity index (χ0n) is 10.7. The van der Waals surface area contributed by atoms with Crippen LogP contribution in [0.25, 0.3) is 0 Å². The Hall–Kier alpha value is -2.11. The number of ketones is 2. The van der Waals surface area contributed by atoms with Crippen LogP contribution in [0.5, 0.6) is 0 Å². The molecule has 0 N–H and O–H groups in total. The van der Waals surface area contributed by atoms with Gasteiger partial charge in [0.15, 0.2) is 0 Å². The van der Waals surface area contributed by atoms with Crippen molar-refractivity contribution in [2.24, 2.45) is 0 Å². The van der Waals surface area contributed by atoms with Gasteiger partial charge in [0.05, 0.1) is 14.2 Å². The number of methoxy groups -OCH3 is 2. The third-order valence-electron chi connectivity index (χ3n) is 2.51. The summed E-state index contributed by atoms with van der Waals surface area (Å²) in [6.45, 7) is 2.44. The molecule has 18 heavy (non-hydrogen) atoms. The van der Waals surface area contributed by atoms with Crippen molar-refractivity contribution < 1.29 is 28.6 Å². The van der Waals surface area contributed by atoms with Crippen LogP contribution in [0.2, 0.25) is 0 Å². The molecule has 0 bridgehead atoms. The first-order valence-electron chi connectivity index (χ1n) is 5.18. The maximum absolute atomic E-state index is 12.0. The van der Waals surface area contributed by atoms with E-state index in [2.05, 4.69) is 0 Å². The number of allylic oxidation sites excluding steroid dienone is 2. The summed E-state index contributed by atoms with van der Waals surface area (Å²) in [5.41, 5.74) is 0.298. The Morgan fingerprint density at radius 1 is 1.06 bits per heavy atom. The van der Waals surface area contributed by atoms with E-state index in [4.69, 9.17) is 14.2 Å². The van der Waals surface area contributed by atoms with E-state index in [-0.39, 0.29) is 29.3 Å². The lowest BCUT2D eigenvalue weighted by molar-refractivity contribution is -0.140. The summed E-state index contributed by atoms with van der Waals surface area (Å²) in [6.07, 6.45) is 0. The molecule has 0 aliphatic heterocycles. The highest BCUT2D eigenvalue weighted by Gasteiger charge is 2.34. The minimum Gasteiger partial charge on any atom is -0.489 e. The number of rotatable bonds is 4. The minimum atomic E-state index is -0.531. The average molecular weight is 254 g/mol. The Bertz CT molecular complexity index is 469. The largest absolute Gasteiger partial charge is 0.489 e. The van der Waals surface area contributed by atoms with Crippen LogP contribution in [-0.4, -0.2) is 38.4 Å². The fourth-order valence-corrected chi connectivity index (χ4v) is 1.54. The Labute approximate surface area is 104 Å². The summed E-state index contributed by atoms with van der Waals surface area (Å²) in [6, 6.07) is 0. The topological polar surface area (TPSA) is 78.9 Å². The van der Waals surface area contributed by atoms with Gasteiger partial charge in [-0.25, -0.2) is 0 Å². The fourth-order valence-electron chi connectivity index (χ4n) is 1.54. The molecule has 0 heterocycles. The van der Waals surface area contributed by atoms with Crippen LogP contribution in [0, 0.1) is 0 Å². The van der Waals surface area contributed by atoms with E-state index in [0.29, 0.717) is 0 Å². The first kappa shape index (κ1) is 14.0. The third kappa shape index (κ3) is 2.42. The number of ether oxygens (including phenoxy) is 3. The van der Waals surface area contributed by atoms with Crippen molar-refractivity contribution in [3.63, 3.8) is 0 Å².